The maximum Gasteiger partial charge on any atom is 0.265 e. The molecule has 0 aliphatic carbocycles. The molecule has 2 heterocycles. The van der Waals surface area contributed by atoms with Gasteiger partial charge in [-0.05, 0) is 61.4 Å². The fourth-order valence-electron chi connectivity index (χ4n) is 4.37. The minimum atomic E-state index is -0.532. The molecular weight excluding hydrogens is 474 g/mol. The second-order valence-corrected chi connectivity index (χ2v) is 8.83. The summed E-state index contributed by atoms with van der Waals surface area (Å²) < 4.78 is 11.3. The highest BCUT2D eigenvalue weighted by Crippen LogP contribution is 2.35. The van der Waals surface area contributed by atoms with E-state index in [1.54, 1.807) is 47.4 Å². The van der Waals surface area contributed by atoms with E-state index in [1.165, 1.54) is 0 Å². The Morgan fingerprint density at radius 1 is 0.946 bits per heavy atom. The Hall–Kier alpha value is -4.66. The van der Waals surface area contributed by atoms with Gasteiger partial charge in [0.1, 0.15) is 18.0 Å². The second-order valence-electron chi connectivity index (χ2n) is 8.83. The van der Waals surface area contributed by atoms with Crippen molar-refractivity contribution in [3.63, 3.8) is 0 Å². The van der Waals surface area contributed by atoms with E-state index in [0.29, 0.717) is 36.7 Å². The maximum absolute atomic E-state index is 12.7. The lowest BCUT2D eigenvalue weighted by atomic mass is 10.1. The number of imide groups is 1. The third-order valence-electron chi connectivity index (χ3n) is 6.15. The Balaban J connectivity index is 1.22. The van der Waals surface area contributed by atoms with Crippen molar-refractivity contribution >= 4 is 35.0 Å². The Morgan fingerprint density at radius 3 is 2.43 bits per heavy atom. The molecule has 4 amide bonds. The zero-order valence-corrected chi connectivity index (χ0v) is 20.2. The number of aryl methyl sites for hydroxylation is 1. The summed E-state index contributed by atoms with van der Waals surface area (Å²) in [6.45, 7) is 2.34. The first kappa shape index (κ1) is 24.1. The van der Waals surface area contributed by atoms with Crippen LogP contribution in [0.1, 0.15) is 32.7 Å². The zero-order valence-electron chi connectivity index (χ0n) is 20.2. The number of hydrogen-bond donors (Lipinski definition) is 1. The van der Waals surface area contributed by atoms with Crippen molar-refractivity contribution in [3.8, 4) is 11.5 Å². The molecule has 0 atom stereocenters. The van der Waals surface area contributed by atoms with Gasteiger partial charge in [0.2, 0.25) is 5.91 Å². The molecule has 0 saturated heterocycles. The molecule has 188 valence electrons. The normalized spacial score (nSPS) is 14.2. The molecule has 1 N–H and O–H groups in total. The highest BCUT2D eigenvalue weighted by atomic mass is 16.5. The van der Waals surface area contributed by atoms with E-state index in [2.05, 4.69) is 5.32 Å². The number of nitrogens with one attached hydrogen (secondary N) is 1. The number of benzene rings is 3. The van der Waals surface area contributed by atoms with Crippen LogP contribution in [-0.2, 0) is 9.59 Å². The first-order valence-electron chi connectivity index (χ1n) is 11.9. The molecule has 0 aromatic heterocycles. The Bertz CT molecular complexity index is 1370. The molecule has 3 aromatic rings. The number of rotatable bonds is 8. The predicted molar refractivity (Wildman–Crippen MR) is 136 cm³/mol. The smallest absolute Gasteiger partial charge is 0.265 e. The zero-order chi connectivity index (χ0) is 25.9. The molecule has 9 nitrogen and oxygen atoms in total. The molecule has 2 aliphatic rings. The van der Waals surface area contributed by atoms with Gasteiger partial charge in [0, 0.05) is 12.2 Å². The van der Waals surface area contributed by atoms with Gasteiger partial charge in [-0.3, -0.25) is 24.1 Å². The Kier molecular flexibility index (Phi) is 6.59. The topological polar surface area (TPSA) is 105 Å². The molecule has 5 rings (SSSR count). The van der Waals surface area contributed by atoms with Crippen molar-refractivity contribution in [2.45, 2.75) is 13.3 Å². The molecule has 0 unspecified atom stereocenters. The molecule has 0 saturated carbocycles. The van der Waals surface area contributed by atoms with Crippen LogP contribution in [0.25, 0.3) is 0 Å². The van der Waals surface area contributed by atoms with Crippen LogP contribution in [0.15, 0.2) is 66.7 Å². The molecule has 0 fully saturated rings. The lowest BCUT2D eigenvalue weighted by molar-refractivity contribution is -0.121. The van der Waals surface area contributed by atoms with Crippen molar-refractivity contribution < 1.29 is 28.7 Å². The van der Waals surface area contributed by atoms with E-state index in [0.717, 1.165) is 16.2 Å². The van der Waals surface area contributed by atoms with E-state index < -0.39 is 24.3 Å². The van der Waals surface area contributed by atoms with Gasteiger partial charge in [-0.1, -0.05) is 24.3 Å². The van der Waals surface area contributed by atoms with Crippen LogP contribution in [-0.4, -0.2) is 54.8 Å². The molecule has 0 bridgehead atoms. The highest BCUT2D eigenvalue weighted by molar-refractivity contribution is 6.22. The summed E-state index contributed by atoms with van der Waals surface area (Å²) >= 11 is 0. The lowest BCUT2D eigenvalue weighted by Gasteiger charge is -2.30. The van der Waals surface area contributed by atoms with E-state index in [-0.39, 0.29) is 23.6 Å². The number of carbonyl (C=O) groups is 4. The van der Waals surface area contributed by atoms with Gasteiger partial charge in [-0.15, -0.1) is 0 Å². The van der Waals surface area contributed by atoms with E-state index in [9.17, 15) is 19.2 Å². The third-order valence-corrected chi connectivity index (χ3v) is 6.15. The van der Waals surface area contributed by atoms with Crippen LogP contribution in [0.5, 0.6) is 11.5 Å². The van der Waals surface area contributed by atoms with Crippen LogP contribution >= 0.6 is 0 Å². The van der Waals surface area contributed by atoms with Gasteiger partial charge in [0.15, 0.2) is 6.61 Å². The van der Waals surface area contributed by atoms with E-state index in [1.807, 2.05) is 31.2 Å². The first-order valence-corrected chi connectivity index (χ1v) is 11.9. The molecule has 9 heteroatoms. The van der Waals surface area contributed by atoms with Crippen LogP contribution in [0, 0.1) is 6.92 Å². The minimum Gasteiger partial charge on any atom is -0.494 e. The molecule has 37 heavy (non-hydrogen) atoms. The van der Waals surface area contributed by atoms with Crippen LogP contribution in [0.4, 0.5) is 11.4 Å². The first-order chi connectivity index (χ1) is 17.9. The summed E-state index contributed by atoms with van der Waals surface area (Å²) in [4.78, 5) is 52.9. The quantitative estimate of drug-likeness (QED) is 0.376. The SMILES string of the molecule is Cc1cccc(OCCCN2C(=O)COc3ccc(NC(=O)CN4C(=O)c5ccccc5C4=O)cc32)c1. The highest BCUT2D eigenvalue weighted by Gasteiger charge is 2.36. The van der Waals surface area contributed by atoms with Gasteiger partial charge in [-0.2, -0.15) is 0 Å². The summed E-state index contributed by atoms with van der Waals surface area (Å²) in [5, 5.41) is 2.71. The summed E-state index contributed by atoms with van der Waals surface area (Å²) in [7, 11) is 0. The number of carbonyl (C=O) groups excluding carboxylic acids is 4. The molecule has 0 radical (unpaired) electrons. The standard InChI is InChI=1S/C28H25N3O6/c1-18-6-4-7-20(14-18)36-13-5-12-30-23-15-19(10-11-24(23)37-17-26(30)33)29-25(32)16-31-27(34)21-8-2-3-9-22(21)28(31)35/h2-4,6-11,14-15H,5,12-13,16-17H2,1H3,(H,29,32). The third kappa shape index (κ3) is 5.02. The van der Waals surface area contributed by atoms with Crippen LogP contribution < -0.4 is 19.7 Å². The van der Waals surface area contributed by atoms with Gasteiger partial charge in [-0.25, -0.2) is 0 Å². The van der Waals surface area contributed by atoms with Crippen molar-refractivity contribution in [2.24, 2.45) is 0 Å². The summed E-state index contributed by atoms with van der Waals surface area (Å²) in [6, 6.07) is 19.2. The molecule has 2 aliphatic heterocycles. The lowest BCUT2D eigenvalue weighted by Crippen LogP contribution is -2.40. The second kappa shape index (κ2) is 10.1. The fourth-order valence-corrected chi connectivity index (χ4v) is 4.37. The Morgan fingerprint density at radius 2 is 1.70 bits per heavy atom. The monoisotopic (exact) mass is 499 g/mol. The average molecular weight is 500 g/mol. The fraction of sp³-hybridized carbons (Fsp3) is 0.214. The van der Waals surface area contributed by atoms with E-state index in [4.69, 9.17) is 9.47 Å². The summed E-state index contributed by atoms with van der Waals surface area (Å²) in [6.07, 6.45) is 0.593. The van der Waals surface area contributed by atoms with Crippen LogP contribution in [0.2, 0.25) is 0 Å². The minimum absolute atomic E-state index is 0.0722. The average Bonchev–Trinajstić information content (AvgIpc) is 3.12. The number of anilines is 2. The number of fused-ring (bicyclic) bond motifs is 2. The number of amides is 4. The van der Waals surface area contributed by atoms with Gasteiger partial charge >= 0.3 is 0 Å². The van der Waals surface area contributed by atoms with Crippen molar-refractivity contribution in [1.82, 2.24) is 4.90 Å². The number of nitrogens with zero attached hydrogens (tertiary/aromatic N) is 2. The molecule has 3 aromatic carbocycles. The number of hydrogen-bond acceptors (Lipinski definition) is 6. The maximum atomic E-state index is 12.7. The largest absolute Gasteiger partial charge is 0.494 e. The van der Waals surface area contributed by atoms with Gasteiger partial charge in [0.05, 0.1) is 23.4 Å². The molecular formula is C28H25N3O6. The molecule has 0 spiro atoms. The van der Waals surface area contributed by atoms with E-state index >= 15 is 0 Å². The number of ether oxygens (including phenoxy) is 2. The summed E-state index contributed by atoms with van der Waals surface area (Å²) in [5.74, 6) is -0.430. The van der Waals surface area contributed by atoms with Crippen molar-refractivity contribution in [3.05, 3.63) is 83.4 Å². The van der Waals surface area contributed by atoms with Crippen molar-refractivity contribution in [1.29, 1.82) is 0 Å². The summed E-state index contributed by atoms with van der Waals surface area (Å²) in [5.41, 5.74) is 2.62. The predicted octanol–water partition coefficient (Wildman–Crippen LogP) is 3.42. The van der Waals surface area contributed by atoms with Crippen molar-refractivity contribution in [2.75, 3.05) is 36.5 Å². The van der Waals surface area contributed by atoms with Gasteiger partial charge in [0.25, 0.3) is 17.7 Å². The Labute approximate surface area is 213 Å². The van der Waals surface area contributed by atoms with Crippen LogP contribution in [0.3, 0.4) is 0 Å². The van der Waals surface area contributed by atoms with Gasteiger partial charge < -0.3 is 19.7 Å².